The van der Waals surface area contributed by atoms with Crippen LogP contribution in [0.15, 0.2) is 29.2 Å². The topological polar surface area (TPSA) is 46.2 Å². The van der Waals surface area contributed by atoms with E-state index in [1.165, 1.54) is 0 Å². The number of nitrogens with one attached hydrogen (secondary N) is 1. The van der Waals surface area contributed by atoms with Crippen molar-refractivity contribution in [3.8, 4) is 0 Å². The highest BCUT2D eigenvalue weighted by Gasteiger charge is 2.14. The Bertz CT molecular complexity index is 456. The van der Waals surface area contributed by atoms with Gasteiger partial charge in [0.25, 0.3) is 0 Å². The van der Waals surface area contributed by atoms with Crippen LogP contribution in [0.1, 0.15) is 32.3 Å². The van der Waals surface area contributed by atoms with Crippen molar-refractivity contribution in [2.75, 3.05) is 6.54 Å². The molecule has 0 radical (unpaired) electrons. The lowest BCUT2D eigenvalue weighted by molar-refractivity contribution is 0.579. The van der Waals surface area contributed by atoms with Gasteiger partial charge in [-0.1, -0.05) is 32.4 Å². The van der Waals surface area contributed by atoms with Crippen molar-refractivity contribution in [3.05, 3.63) is 29.8 Å². The van der Waals surface area contributed by atoms with Gasteiger partial charge in [-0.3, -0.25) is 0 Å². The van der Waals surface area contributed by atoms with Crippen LogP contribution in [0.25, 0.3) is 0 Å². The number of alkyl halides is 1. The summed E-state index contributed by atoms with van der Waals surface area (Å²) in [5, 5.41) is -0.167. The van der Waals surface area contributed by atoms with Crippen LogP contribution in [0.2, 0.25) is 0 Å². The lowest BCUT2D eigenvalue weighted by Gasteiger charge is -2.10. The van der Waals surface area contributed by atoms with E-state index >= 15 is 0 Å². The molecule has 0 saturated heterocycles. The fourth-order valence-electron chi connectivity index (χ4n) is 1.55. The van der Waals surface area contributed by atoms with Gasteiger partial charge in [-0.05, 0) is 30.5 Å². The standard InChI is InChI=1S/C13H20ClNO2S/c1-3-5-11-6-8-13(9-7-11)18(16,17)15-10-12(14)4-2/h6-9,12,15H,3-5,10H2,1-2H3. The Balaban J connectivity index is 2.72. The Morgan fingerprint density at radius 1 is 1.22 bits per heavy atom. The molecule has 0 heterocycles. The second-order valence-electron chi connectivity index (χ2n) is 4.25. The molecule has 0 aliphatic carbocycles. The molecule has 5 heteroatoms. The first-order valence-electron chi connectivity index (χ1n) is 6.22. The van der Waals surface area contributed by atoms with Crippen molar-refractivity contribution < 1.29 is 8.42 Å². The number of sulfonamides is 1. The van der Waals surface area contributed by atoms with Crippen LogP contribution in [-0.4, -0.2) is 20.3 Å². The Morgan fingerprint density at radius 3 is 2.33 bits per heavy atom. The van der Waals surface area contributed by atoms with Gasteiger partial charge in [-0.25, -0.2) is 13.1 Å². The zero-order valence-electron chi connectivity index (χ0n) is 10.8. The average Bonchev–Trinajstić information content (AvgIpc) is 2.37. The van der Waals surface area contributed by atoms with Gasteiger partial charge in [0.2, 0.25) is 10.0 Å². The summed E-state index contributed by atoms with van der Waals surface area (Å²) in [6.45, 7) is 4.28. The molecule has 3 nitrogen and oxygen atoms in total. The minimum Gasteiger partial charge on any atom is -0.210 e. The maximum absolute atomic E-state index is 12.0. The molecule has 1 N–H and O–H groups in total. The van der Waals surface area contributed by atoms with Crippen LogP contribution >= 0.6 is 11.6 Å². The lowest BCUT2D eigenvalue weighted by Crippen LogP contribution is -2.29. The summed E-state index contributed by atoms with van der Waals surface area (Å²) in [5.74, 6) is 0. The van der Waals surface area contributed by atoms with Crippen LogP contribution in [-0.2, 0) is 16.4 Å². The van der Waals surface area contributed by atoms with Crippen LogP contribution < -0.4 is 4.72 Å². The molecule has 1 unspecified atom stereocenters. The Kier molecular flexibility index (Phi) is 6.12. The third kappa shape index (κ3) is 4.59. The zero-order chi connectivity index (χ0) is 13.6. The van der Waals surface area contributed by atoms with Crippen molar-refractivity contribution in [2.45, 2.75) is 43.4 Å². The summed E-state index contributed by atoms with van der Waals surface area (Å²) < 4.78 is 26.4. The summed E-state index contributed by atoms with van der Waals surface area (Å²) >= 11 is 5.90. The number of hydrogen-bond acceptors (Lipinski definition) is 2. The highest BCUT2D eigenvalue weighted by molar-refractivity contribution is 7.89. The molecule has 0 saturated carbocycles. The number of rotatable bonds is 7. The lowest BCUT2D eigenvalue weighted by atomic mass is 10.1. The van der Waals surface area contributed by atoms with Crippen molar-refractivity contribution in [1.29, 1.82) is 0 Å². The van der Waals surface area contributed by atoms with E-state index in [-0.39, 0.29) is 11.9 Å². The average molecular weight is 290 g/mol. The molecule has 0 aliphatic rings. The van der Waals surface area contributed by atoms with Crippen LogP contribution in [0.5, 0.6) is 0 Å². The van der Waals surface area contributed by atoms with E-state index in [1.54, 1.807) is 12.1 Å². The maximum Gasteiger partial charge on any atom is 0.240 e. The highest BCUT2D eigenvalue weighted by Crippen LogP contribution is 2.12. The molecule has 0 aliphatic heterocycles. The fraction of sp³-hybridized carbons (Fsp3) is 0.538. The van der Waals surface area contributed by atoms with Gasteiger partial charge in [-0.2, -0.15) is 0 Å². The predicted octanol–water partition coefficient (Wildman–Crippen LogP) is 2.93. The molecular formula is C13H20ClNO2S. The SMILES string of the molecule is CCCc1ccc(S(=O)(=O)NCC(Cl)CC)cc1. The quantitative estimate of drug-likeness (QED) is 0.785. The minimum absolute atomic E-state index is 0.167. The fourth-order valence-corrected chi connectivity index (χ4v) is 2.80. The molecule has 0 aromatic heterocycles. The minimum atomic E-state index is -3.43. The van der Waals surface area contributed by atoms with Crippen LogP contribution in [0.4, 0.5) is 0 Å². The van der Waals surface area contributed by atoms with E-state index in [4.69, 9.17) is 11.6 Å². The first-order chi connectivity index (χ1) is 8.49. The second kappa shape index (κ2) is 7.12. The van der Waals surface area contributed by atoms with E-state index in [2.05, 4.69) is 11.6 Å². The van der Waals surface area contributed by atoms with Gasteiger partial charge >= 0.3 is 0 Å². The third-order valence-electron chi connectivity index (χ3n) is 2.71. The Labute approximate surface area is 115 Å². The number of halogens is 1. The van der Waals surface area contributed by atoms with E-state index < -0.39 is 10.0 Å². The van der Waals surface area contributed by atoms with Crippen LogP contribution in [0.3, 0.4) is 0 Å². The summed E-state index contributed by atoms with van der Waals surface area (Å²) in [6.07, 6.45) is 2.75. The van der Waals surface area contributed by atoms with Gasteiger partial charge < -0.3 is 0 Å². The van der Waals surface area contributed by atoms with Crippen molar-refractivity contribution in [3.63, 3.8) is 0 Å². The molecular weight excluding hydrogens is 270 g/mol. The summed E-state index contributed by atoms with van der Waals surface area (Å²) in [5.41, 5.74) is 1.15. The normalized spacial score (nSPS) is 13.5. The molecule has 18 heavy (non-hydrogen) atoms. The molecule has 1 atom stereocenters. The van der Waals surface area contributed by atoms with Gasteiger partial charge in [0.1, 0.15) is 0 Å². The molecule has 1 aromatic rings. The molecule has 0 fully saturated rings. The molecule has 1 aromatic carbocycles. The molecule has 0 amide bonds. The Morgan fingerprint density at radius 2 is 1.83 bits per heavy atom. The first kappa shape index (κ1) is 15.5. The van der Waals surface area contributed by atoms with E-state index in [1.807, 2.05) is 19.1 Å². The van der Waals surface area contributed by atoms with Crippen molar-refractivity contribution in [1.82, 2.24) is 4.72 Å². The summed E-state index contributed by atoms with van der Waals surface area (Å²) in [6, 6.07) is 7.00. The van der Waals surface area contributed by atoms with Gasteiger partial charge in [0.15, 0.2) is 0 Å². The molecule has 0 bridgehead atoms. The summed E-state index contributed by atoms with van der Waals surface area (Å²) in [4.78, 5) is 0.294. The van der Waals surface area contributed by atoms with Gasteiger partial charge in [0, 0.05) is 11.9 Å². The van der Waals surface area contributed by atoms with E-state index in [0.29, 0.717) is 4.90 Å². The molecule has 102 valence electrons. The van der Waals surface area contributed by atoms with Crippen molar-refractivity contribution in [2.24, 2.45) is 0 Å². The van der Waals surface area contributed by atoms with Gasteiger partial charge in [0.05, 0.1) is 4.90 Å². The predicted molar refractivity (Wildman–Crippen MR) is 75.6 cm³/mol. The number of hydrogen-bond donors (Lipinski definition) is 1. The number of benzene rings is 1. The first-order valence-corrected chi connectivity index (χ1v) is 8.14. The smallest absolute Gasteiger partial charge is 0.210 e. The Hall–Kier alpha value is -0.580. The molecule has 1 rings (SSSR count). The van der Waals surface area contributed by atoms with Gasteiger partial charge in [-0.15, -0.1) is 11.6 Å². The largest absolute Gasteiger partial charge is 0.240 e. The highest BCUT2D eigenvalue weighted by atomic mass is 35.5. The third-order valence-corrected chi connectivity index (χ3v) is 4.61. The van der Waals surface area contributed by atoms with Crippen molar-refractivity contribution >= 4 is 21.6 Å². The second-order valence-corrected chi connectivity index (χ2v) is 6.64. The summed E-state index contributed by atoms with van der Waals surface area (Å²) in [7, 11) is -3.43. The number of aryl methyl sites for hydroxylation is 1. The van der Waals surface area contributed by atoms with E-state index in [9.17, 15) is 8.42 Å². The van der Waals surface area contributed by atoms with E-state index in [0.717, 1.165) is 24.8 Å². The molecule has 0 spiro atoms. The monoisotopic (exact) mass is 289 g/mol. The van der Waals surface area contributed by atoms with Crippen LogP contribution in [0, 0.1) is 0 Å². The zero-order valence-corrected chi connectivity index (χ0v) is 12.4. The maximum atomic E-state index is 12.0.